The lowest BCUT2D eigenvalue weighted by atomic mass is 9.51. The Balaban J connectivity index is 0.872. The van der Waals surface area contributed by atoms with Gasteiger partial charge < -0.3 is 39.8 Å². The van der Waals surface area contributed by atoms with Crippen LogP contribution in [0.4, 0.5) is 14.5 Å². The monoisotopic (exact) mass is 917 g/mol. The van der Waals surface area contributed by atoms with E-state index in [0.717, 1.165) is 22.1 Å². The van der Waals surface area contributed by atoms with E-state index in [0.29, 0.717) is 17.7 Å². The molecule has 0 radical (unpaired) electrons. The molecule has 3 unspecified atom stereocenters. The number of carbonyl (C=O) groups excluding carboxylic acids is 6. The molecule has 4 N–H and O–H groups in total. The summed E-state index contributed by atoms with van der Waals surface area (Å²) >= 11 is 0. The van der Waals surface area contributed by atoms with Gasteiger partial charge in [-0.25, -0.2) is 8.78 Å². The van der Waals surface area contributed by atoms with E-state index < -0.39 is 83.2 Å². The third kappa shape index (κ3) is 10.2. The highest BCUT2D eigenvalue weighted by Gasteiger charge is 2.67. The molecule has 1 saturated heterocycles. The number of aliphatic hydroxyl groups is 2. The Kier molecular flexibility index (Phi) is 15.2. The predicted octanol–water partition coefficient (Wildman–Crippen LogP) is 4.10. The zero-order valence-corrected chi connectivity index (χ0v) is 37.0. The van der Waals surface area contributed by atoms with Crippen LogP contribution in [0.25, 0.3) is 0 Å². The topological polar surface area (TPSA) is 207 Å². The molecule has 2 heterocycles. The maximum atomic E-state index is 17.8. The predicted molar refractivity (Wildman–Crippen MR) is 234 cm³/mol. The van der Waals surface area contributed by atoms with Gasteiger partial charge in [-0.05, 0) is 85.9 Å². The molecule has 9 atom stereocenters. The number of hydrogen-bond acceptors (Lipinski definition) is 12. The van der Waals surface area contributed by atoms with Gasteiger partial charge in [0.05, 0.1) is 45.1 Å². The van der Waals surface area contributed by atoms with Crippen molar-refractivity contribution in [2.75, 3.05) is 51.4 Å². The molecule has 0 bridgehead atoms. The van der Waals surface area contributed by atoms with Crippen molar-refractivity contribution in [1.82, 2.24) is 10.2 Å². The largest absolute Gasteiger partial charge is 0.390 e. The van der Waals surface area contributed by atoms with Crippen molar-refractivity contribution in [3.05, 3.63) is 101 Å². The van der Waals surface area contributed by atoms with Crippen molar-refractivity contribution in [2.24, 2.45) is 17.3 Å². The van der Waals surface area contributed by atoms with Crippen molar-refractivity contribution in [3.63, 3.8) is 0 Å². The Labute approximate surface area is 381 Å². The lowest BCUT2D eigenvalue weighted by Gasteiger charge is -2.56. The van der Waals surface area contributed by atoms with E-state index in [9.17, 15) is 39.0 Å². The number of imide groups is 1. The molecule has 3 aliphatic carbocycles. The minimum atomic E-state index is -2.37. The molecule has 3 fully saturated rings. The quantitative estimate of drug-likeness (QED) is 0.123. The van der Waals surface area contributed by atoms with Crippen molar-refractivity contribution in [1.29, 1.82) is 0 Å². The van der Waals surface area contributed by atoms with Gasteiger partial charge in [-0.15, -0.1) is 0 Å². The maximum Gasteiger partial charge on any atom is 0.253 e. The van der Waals surface area contributed by atoms with Gasteiger partial charge in [0.15, 0.2) is 29.1 Å². The van der Waals surface area contributed by atoms with Crippen LogP contribution >= 0.6 is 0 Å². The number of aliphatic hydroxyl groups excluding tert-OH is 2. The number of carbonyl (C=O) groups is 6. The first-order chi connectivity index (χ1) is 31.6. The standard InChI is InChI=1S/C49H57F2N3O12/c1-30-24-41-48(40(58)29-55,17-13-39(57)49(51)36(30)28-38(50)37-27-35(56)12-16-47(37,49)2)66-46(65-41)33-8-6-31(7-9-33)25-32-4-3-5-34(26-32)53-43(60)15-20-63-22-23-64-21-18-52-42(59)14-19-54-44(61)10-11-45(54)62/h3-12,16,26-27,30,36,38-39,41,46,55,57H,13-15,17-25,28-29H2,1-2H3,(H,52,59)(H,53,60)/t30-,36?,38-,39?,41+,46?,47-,48+,49-/m0/s1. The molecule has 354 valence electrons. The molecule has 66 heavy (non-hydrogen) atoms. The van der Waals surface area contributed by atoms with Crippen molar-refractivity contribution < 1.29 is 66.7 Å². The van der Waals surface area contributed by atoms with E-state index >= 15 is 8.78 Å². The van der Waals surface area contributed by atoms with Crippen LogP contribution in [0.2, 0.25) is 0 Å². The summed E-state index contributed by atoms with van der Waals surface area (Å²) < 4.78 is 57.5. The Bertz CT molecular complexity index is 2250. The van der Waals surface area contributed by atoms with Gasteiger partial charge in [-0.3, -0.25) is 33.7 Å². The number of amides is 4. The fourth-order valence-corrected chi connectivity index (χ4v) is 10.1. The zero-order chi connectivity index (χ0) is 47.2. The molecule has 17 heteroatoms. The molecule has 15 nitrogen and oxygen atoms in total. The van der Waals surface area contributed by atoms with Gasteiger partial charge in [0, 0.05) is 54.2 Å². The lowest BCUT2D eigenvalue weighted by Crippen LogP contribution is -2.63. The van der Waals surface area contributed by atoms with E-state index in [1.807, 2.05) is 42.5 Å². The summed E-state index contributed by atoms with van der Waals surface area (Å²) in [4.78, 5) is 74.6. The van der Waals surface area contributed by atoms with E-state index in [1.165, 1.54) is 31.2 Å². The van der Waals surface area contributed by atoms with E-state index in [1.54, 1.807) is 13.0 Å². The average molecular weight is 918 g/mol. The highest BCUT2D eigenvalue weighted by Crippen LogP contribution is 2.61. The number of Topliss-reactive ketones (excluding diaryl/α,β-unsaturated/α-hetero) is 1. The van der Waals surface area contributed by atoms with Gasteiger partial charge in [0.1, 0.15) is 12.8 Å². The molecule has 4 amide bonds. The summed E-state index contributed by atoms with van der Waals surface area (Å²) in [6, 6.07) is 14.8. The minimum Gasteiger partial charge on any atom is -0.390 e. The summed E-state index contributed by atoms with van der Waals surface area (Å²) in [7, 11) is 0. The molecule has 0 spiro atoms. The molecule has 2 aromatic carbocycles. The van der Waals surface area contributed by atoms with Gasteiger partial charge in [-0.2, -0.15) is 0 Å². The SMILES string of the molecule is C[C@H]1C[C@H]2OC(c3ccc(Cc4cccc(NC(=O)CCOCCOCCNC(=O)CCN5C(=O)C=CC5=O)c4)cc3)O[C@@]2(C(=O)CO)CCC(O)[C@@]2(F)C1C[C@H](F)C1=CC(=O)C=C[C@@]12C. The van der Waals surface area contributed by atoms with Gasteiger partial charge in [-0.1, -0.05) is 49.4 Å². The summed E-state index contributed by atoms with van der Waals surface area (Å²) in [6.45, 7) is 3.57. The molecule has 2 aliphatic heterocycles. The highest BCUT2D eigenvalue weighted by atomic mass is 19.1. The third-order valence-corrected chi connectivity index (χ3v) is 13.6. The molecule has 2 saturated carbocycles. The molecular weight excluding hydrogens is 861 g/mol. The van der Waals surface area contributed by atoms with Crippen LogP contribution in [0.15, 0.2) is 84.5 Å². The number of nitrogens with zero attached hydrogens (tertiary/aromatic N) is 1. The number of halogens is 2. The number of rotatable bonds is 18. The minimum absolute atomic E-state index is 0.000373. The van der Waals surface area contributed by atoms with Gasteiger partial charge >= 0.3 is 0 Å². The zero-order valence-electron chi connectivity index (χ0n) is 37.0. The van der Waals surface area contributed by atoms with E-state index in [4.69, 9.17) is 18.9 Å². The van der Waals surface area contributed by atoms with Crippen LogP contribution in [0.1, 0.15) is 75.4 Å². The average Bonchev–Trinajstić information content (AvgIpc) is 3.83. The number of anilines is 1. The molecule has 7 rings (SSSR count). The van der Waals surface area contributed by atoms with Crippen molar-refractivity contribution >= 4 is 40.9 Å². The molecular formula is C49H57F2N3O12. The van der Waals surface area contributed by atoms with Gasteiger partial charge in [0.2, 0.25) is 11.8 Å². The first kappa shape index (κ1) is 48.6. The summed E-state index contributed by atoms with van der Waals surface area (Å²) in [5.74, 6) is -4.11. The van der Waals surface area contributed by atoms with Crippen LogP contribution in [0.5, 0.6) is 0 Å². The number of fused-ring (bicyclic) bond motifs is 4. The van der Waals surface area contributed by atoms with Crippen LogP contribution in [0.3, 0.4) is 0 Å². The Morgan fingerprint density at radius 1 is 0.924 bits per heavy atom. The molecule has 5 aliphatic rings. The second kappa shape index (κ2) is 20.7. The molecule has 2 aromatic rings. The Morgan fingerprint density at radius 2 is 1.65 bits per heavy atom. The normalized spacial score (nSPS) is 30.4. The first-order valence-electron chi connectivity index (χ1n) is 22.4. The van der Waals surface area contributed by atoms with Crippen LogP contribution < -0.4 is 10.6 Å². The maximum absolute atomic E-state index is 17.8. The van der Waals surface area contributed by atoms with Crippen molar-refractivity contribution in [3.8, 4) is 0 Å². The van der Waals surface area contributed by atoms with Crippen LogP contribution in [0, 0.1) is 17.3 Å². The molecule has 0 aromatic heterocycles. The number of ketones is 2. The van der Waals surface area contributed by atoms with Gasteiger partial charge in [0.25, 0.3) is 11.8 Å². The number of ether oxygens (including phenoxy) is 4. The lowest BCUT2D eigenvalue weighted by molar-refractivity contribution is -0.158. The smallest absolute Gasteiger partial charge is 0.253 e. The van der Waals surface area contributed by atoms with E-state index in [-0.39, 0.29) is 95.4 Å². The number of nitrogens with one attached hydrogen (secondary N) is 2. The second-order valence-electron chi connectivity index (χ2n) is 17.8. The second-order valence-corrected chi connectivity index (χ2v) is 17.8. The fraction of sp³-hybridized carbons (Fsp3) is 0.510. The summed E-state index contributed by atoms with van der Waals surface area (Å²) in [6.07, 6.45) is 0.861. The fourth-order valence-electron chi connectivity index (χ4n) is 10.1. The Hall–Kier alpha value is -5.30. The number of allylic oxidation sites excluding steroid dienone is 4. The summed E-state index contributed by atoms with van der Waals surface area (Å²) in [5.41, 5.74) is -2.61. The van der Waals surface area contributed by atoms with E-state index in [2.05, 4.69) is 10.6 Å². The summed E-state index contributed by atoms with van der Waals surface area (Å²) in [5, 5.41) is 27.4. The van der Waals surface area contributed by atoms with Crippen molar-refractivity contribution in [2.45, 2.75) is 94.7 Å². The number of benzene rings is 2. The number of hydrogen-bond donors (Lipinski definition) is 4. The first-order valence-corrected chi connectivity index (χ1v) is 22.4. The Morgan fingerprint density at radius 3 is 2.38 bits per heavy atom. The highest BCUT2D eigenvalue weighted by molar-refractivity contribution is 6.13. The number of alkyl halides is 2. The van der Waals surface area contributed by atoms with Crippen LogP contribution in [-0.2, 0) is 54.1 Å². The third-order valence-electron chi connectivity index (χ3n) is 13.6. The van der Waals surface area contributed by atoms with Crippen LogP contribution in [-0.4, -0.2) is 126 Å².